The molecule has 9 heterocycles. The maximum absolute atomic E-state index is 6.47. The molecule has 9 aromatic heterocycles. The van der Waals surface area contributed by atoms with E-state index in [4.69, 9.17) is 49.3 Å². The van der Waals surface area contributed by atoms with E-state index in [1.165, 1.54) is 75.0 Å². The maximum Gasteiger partial charge on any atom is 0.238 e. The topological polar surface area (TPSA) is 144 Å². The van der Waals surface area contributed by atoms with Gasteiger partial charge in [-0.25, -0.2) is 34.9 Å². The third-order valence-electron chi connectivity index (χ3n) is 24.8. The van der Waals surface area contributed by atoms with Crippen LogP contribution in [0, 0.1) is 0 Å². The van der Waals surface area contributed by atoms with E-state index >= 15 is 0 Å². The third kappa shape index (κ3) is 12.9. The minimum absolute atomic E-state index is 0.0666. The van der Waals surface area contributed by atoms with Crippen molar-refractivity contribution in [3.05, 3.63) is 424 Å². The van der Waals surface area contributed by atoms with Crippen LogP contribution in [0.5, 0.6) is 0 Å². The van der Waals surface area contributed by atoms with Gasteiger partial charge in [0.05, 0.1) is 54.6 Å². The number of nitrogens with zero attached hydrogens (tertiary/aromatic N) is 12. The monoisotopic (exact) mass is 1660 g/mol. The van der Waals surface area contributed by atoms with Crippen LogP contribution in [0.2, 0.25) is 0 Å². The number of pyridine rings is 1. The lowest BCUT2D eigenvalue weighted by atomic mass is 9.82. The molecule has 13 nitrogen and oxygen atoms in total. The van der Waals surface area contributed by atoms with Gasteiger partial charge in [0.25, 0.3) is 0 Å². The second-order valence-electron chi connectivity index (χ2n) is 32.7. The van der Waals surface area contributed by atoms with Crippen molar-refractivity contribution in [2.75, 3.05) is 0 Å². The molecule has 0 bridgehead atoms. The van der Waals surface area contributed by atoms with Gasteiger partial charge in [-0.3, -0.25) is 9.13 Å². The first kappa shape index (κ1) is 75.0. The van der Waals surface area contributed by atoms with Gasteiger partial charge in [0.1, 0.15) is 22.7 Å². The average Bonchev–Trinajstić information content (AvgIpc) is 1.56. The van der Waals surface area contributed by atoms with Crippen LogP contribution in [0.25, 0.3) is 227 Å². The Balaban J connectivity index is 0.000000107. The highest BCUT2D eigenvalue weighted by atomic mass is 32.1. The standard InChI is InChI=1S/C43H31N3.C38H23N5O.C33H20N4S/c1-43(2)36-19-11-9-17-32(36)34-25-35-33-18-10-12-20-40(33)46(41(35)26-37(34)43)31-23-21-30(22-24-31)42-44-38(28-13-5-3-6-14-28)27-39(45-42)29-15-7-4-8-16-29;1-3-12-24(13-4-1)36-40-37(25-14-5-2-6-15-25)42-38(41-36)29-18-11-21-33(39-29)43-30-19-9-7-17-28(30)34-31(43)23-22-27-26-16-8-10-20-32(26)44-35(27)34;1-3-11-21(12-4-1)31-34-32(22-13-5-2-6-14-22)36-33(35-31)37-27-17-9-7-15-23(27)25-19-20-26-24-16-8-10-18-28(24)38-30(26)29(25)37/h3-27H,1-2H3;1-23H;1-20H. The highest BCUT2D eigenvalue weighted by Gasteiger charge is 2.37. The van der Waals surface area contributed by atoms with E-state index in [1.54, 1.807) is 0 Å². The first-order valence-electron chi connectivity index (χ1n) is 42.9. The summed E-state index contributed by atoms with van der Waals surface area (Å²) in [5.74, 6) is 5.14. The Morgan fingerprint density at radius 1 is 0.258 bits per heavy atom. The van der Waals surface area contributed by atoms with Gasteiger partial charge in [0.15, 0.2) is 34.9 Å². The van der Waals surface area contributed by atoms with Gasteiger partial charge in [-0.15, -0.1) is 11.3 Å². The number of furan rings is 1. The third-order valence-corrected chi connectivity index (χ3v) is 26.0. The van der Waals surface area contributed by atoms with Crippen LogP contribution in [-0.2, 0) is 5.41 Å². The fraction of sp³-hybridized carbons (Fsp3) is 0.0263. The minimum Gasteiger partial charge on any atom is -0.455 e. The van der Waals surface area contributed by atoms with Crippen LogP contribution in [0.3, 0.4) is 0 Å². The summed E-state index contributed by atoms with van der Waals surface area (Å²) in [6.07, 6.45) is 0. The largest absolute Gasteiger partial charge is 0.455 e. The van der Waals surface area contributed by atoms with Gasteiger partial charge >= 0.3 is 0 Å². The van der Waals surface area contributed by atoms with Gasteiger partial charge in [0, 0.05) is 103 Å². The molecule has 0 radical (unpaired) electrons. The van der Waals surface area contributed by atoms with Gasteiger partial charge < -0.3 is 8.98 Å². The summed E-state index contributed by atoms with van der Waals surface area (Å²) in [5.41, 5.74) is 24.3. The zero-order chi connectivity index (χ0) is 84.9. The summed E-state index contributed by atoms with van der Waals surface area (Å²) >= 11 is 1.82. The summed E-state index contributed by atoms with van der Waals surface area (Å²) in [6, 6.07) is 143. The van der Waals surface area contributed by atoms with Crippen LogP contribution >= 0.6 is 11.3 Å². The Morgan fingerprint density at radius 2 is 0.719 bits per heavy atom. The van der Waals surface area contributed by atoms with Crippen molar-refractivity contribution in [2.24, 2.45) is 0 Å². The normalized spacial score (nSPS) is 12.2. The van der Waals surface area contributed by atoms with Crippen LogP contribution in [-0.4, -0.2) is 58.6 Å². The zero-order valence-electron chi connectivity index (χ0n) is 69.4. The molecule has 1 aliphatic carbocycles. The number of para-hydroxylation sites is 4. The zero-order valence-corrected chi connectivity index (χ0v) is 70.3. The summed E-state index contributed by atoms with van der Waals surface area (Å²) in [4.78, 5) is 45.0. The summed E-state index contributed by atoms with van der Waals surface area (Å²) in [6.45, 7) is 4.69. The number of hydrogen-bond donors (Lipinski definition) is 0. The Kier molecular flexibility index (Phi) is 18.1. The number of hydrogen-bond acceptors (Lipinski definition) is 11. The van der Waals surface area contributed by atoms with Crippen molar-refractivity contribution < 1.29 is 4.42 Å². The average molecular weight is 1660 g/mol. The van der Waals surface area contributed by atoms with Gasteiger partial charge in [-0.2, -0.15) is 9.97 Å². The molecule has 16 aromatic carbocycles. The van der Waals surface area contributed by atoms with E-state index in [9.17, 15) is 0 Å². The molecule has 0 unspecified atom stereocenters. The van der Waals surface area contributed by atoms with E-state index < -0.39 is 0 Å². The maximum atomic E-state index is 6.47. The van der Waals surface area contributed by atoms with Crippen molar-refractivity contribution in [1.82, 2.24) is 58.6 Å². The molecule has 0 N–H and O–H groups in total. The predicted molar refractivity (Wildman–Crippen MR) is 524 cm³/mol. The van der Waals surface area contributed by atoms with Gasteiger partial charge in [0.2, 0.25) is 5.95 Å². The second kappa shape index (κ2) is 30.9. The molecule has 0 aliphatic heterocycles. The molecule has 128 heavy (non-hydrogen) atoms. The van der Waals surface area contributed by atoms with E-state index in [-0.39, 0.29) is 5.41 Å². The van der Waals surface area contributed by atoms with E-state index in [0.29, 0.717) is 46.6 Å². The van der Waals surface area contributed by atoms with Crippen molar-refractivity contribution in [2.45, 2.75) is 19.3 Å². The van der Waals surface area contributed by atoms with Crippen LogP contribution in [0.1, 0.15) is 25.0 Å². The second-order valence-corrected chi connectivity index (χ2v) is 33.7. The van der Waals surface area contributed by atoms with E-state index in [0.717, 1.165) is 117 Å². The molecule has 1 aliphatic rings. The number of aromatic nitrogens is 12. The lowest BCUT2D eigenvalue weighted by Crippen LogP contribution is -2.14. The summed E-state index contributed by atoms with van der Waals surface area (Å²) < 4.78 is 15.8. The van der Waals surface area contributed by atoms with Crippen molar-refractivity contribution >= 4 is 119 Å². The quantitative estimate of drug-likeness (QED) is 0.123. The predicted octanol–water partition coefficient (Wildman–Crippen LogP) is 28.8. The fourth-order valence-corrected chi connectivity index (χ4v) is 19.9. The fourth-order valence-electron chi connectivity index (χ4n) is 18.7. The van der Waals surface area contributed by atoms with Crippen molar-refractivity contribution in [1.29, 1.82) is 0 Å². The van der Waals surface area contributed by atoms with Crippen LogP contribution in [0.15, 0.2) is 417 Å². The Hall–Kier alpha value is -16.8. The molecule has 26 rings (SSSR count). The first-order valence-corrected chi connectivity index (χ1v) is 43.7. The molecule has 0 amide bonds. The minimum atomic E-state index is -0.0666. The van der Waals surface area contributed by atoms with Gasteiger partial charge in [-0.1, -0.05) is 329 Å². The van der Waals surface area contributed by atoms with Crippen molar-refractivity contribution in [3.8, 4) is 120 Å². The molecule has 0 saturated carbocycles. The molecular weight excluding hydrogens is 1590 g/mol. The Labute approximate surface area is 739 Å². The number of fused-ring (bicyclic) bond motifs is 20. The molecule has 0 spiro atoms. The van der Waals surface area contributed by atoms with E-state index in [2.05, 4.69) is 270 Å². The lowest BCUT2D eigenvalue weighted by molar-refractivity contribution is 0.661. The lowest BCUT2D eigenvalue weighted by Gasteiger charge is -2.21. The highest BCUT2D eigenvalue weighted by molar-refractivity contribution is 7.26. The number of benzene rings is 16. The summed E-state index contributed by atoms with van der Waals surface area (Å²) in [5, 5.41) is 11.8. The number of rotatable bonds is 11. The molecule has 0 saturated heterocycles. The van der Waals surface area contributed by atoms with Gasteiger partial charge in [-0.05, 0) is 119 Å². The van der Waals surface area contributed by atoms with E-state index in [1.807, 2.05) is 181 Å². The molecule has 0 fully saturated rings. The highest BCUT2D eigenvalue weighted by Crippen LogP contribution is 2.52. The molecular formula is C114H74N12OS. The number of thiophene rings is 1. The molecule has 25 aromatic rings. The van der Waals surface area contributed by atoms with Crippen LogP contribution < -0.4 is 0 Å². The molecule has 602 valence electrons. The van der Waals surface area contributed by atoms with Crippen LogP contribution in [0.4, 0.5) is 0 Å². The Bertz CT molecular complexity index is 8470. The first-order chi connectivity index (χ1) is 63.2. The molecule has 14 heteroatoms. The summed E-state index contributed by atoms with van der Waals surface area (Å²) in [7, 11) is 0. The van der Waals surface area contributed by atoms with Crippen molar-refractivity contribution in [3.63, 3.8) is 0 Å². The SMILES string of the molecule is CC1(C)c2ccccc2-c2cc3c4ccccc4n(-c4ccc(-c5nc(-c6ccccc6)cc(-c6ccccc6)n5)cc4)c3cc21.c1ccc(-c2nc(-c3ccccc3)nc(-c3cccc(-n4c5ccccc5c5c6oc7ccccc7c6ccc54)n3)n2)cc1.c1ccc(-c2nc(-c3ccccc3)nc(-n3c4ccccc4c4ccc5c6ccccc6sc5c43)n2)cc1. The Morgan fingerprint density at radius 3 is 1.33 bits per heavy atom. The molecule has 0 atom stereocenters. The smallest absolute Gasteiger partial charge is 0.238 e.